The lowest BCUT2D eigenvalue weighted by atomic mass is 9.95. The van der Waals surface area contributed by atoms with Gasteiger partial charge in [0, 0.05) is 92.5 Å². The highest BCUT2D eigenvalue weighted by Gasteiger charge is 2.38. The summed E-state index contributed by atoms with van der Waals surface area (Å²) in [6.45, 7) is 5.19. The summed E-state index contributed by atoms with van der Waals surface area (Å²) in [6, 6.07) is 1.22. The lowest BCUT2D eigenvalue weighted by Crippen LogP contribution is -2.42. The fraction of sp³-hybridized carbons (Fsp3) is 0.909. The van der Waals surface area contributed by atoms with Crippen molar-refractivity contribution in [1.29, 1.82) is 0 Å². The van der Waals surface area contributed by atoms with Crippen LogP contribution in [0.15, 0.2) is 0 Å². The first-order valence-electron chi connectivity index (χ1n) is 11.8. The highest BCUT2D eigenvalue weighted by molar-refractivity contribution is 6.60. The maximum Gasteiger partial charge on any atom is 0.500 e. The molecule has 11 heteroatoms. The summed E-state index contributed by atoms with van der Waals surface area (Å²) in [4.78, 5) is 25.4. The molecule has 0 saturated carbocycles. The van der Waals surface area contributed by atoms with Crippen LogP contribution in [-0.2, 0) is 36.1 Å². The van der Waals surface area contributed by atoms with Gasteiger partial charge in [-0.2, -0.15) is 0 Å². The van der Waals surface area contributed by atoms with Crippen LogP contribution in [0.25, 0.3) is 0 Å². The van der Waals surface area contributed by atoms with Crippen molar-refractivity contribution in [2.45, 2.75) is 64.5 Å². The minimum Gasteiger partial charge on any atom is -0.377 e. The Balaban J connectivity index is 4.49. The number of carbonyl (C=O) groups is 2. The second-order valence-corrected chi connectivity index (χ2v) is 14.3. The van der Waals surface area contributed by atoms with Gasteiger partial charge in [0.15, 0.2) is 0 Å². The van der Waals surface area contributed by atoms with Crippen molar-refractivity contribution < 1.29 is 36.1 Å². The Morgan fingerprint density at radius 3 is 1.18 bits per heavy atom. The van der Waals surface area contributed by atoms with Crippen LogP contribution in [0.5, 0.6) is 0 Å². The van der Waals surface area contributed by atoms with Crippen LogP contribution in [0.2, 0.25) is 12.1 Å². The highest BCUT2D eigenvalue weighted by Crippen LogP contribution is 2.20. The number of ketones is 2. The van der Waals surface area contributed by atoms with Gasteiger partial charge in [-0.05, 0) is 25.7 Å². The van der Waals surface area contributed by atoms with Gasteiger partial charge in [-0.1, -0.05) is 13.8 Å². The van der Waals surface area contributed by atoms with Gasteiger partial charge >= 0.3 is 17.6 Å². The van der Waals surface area contributed by atoms with Crippen LogP contribution >= 0.6 is 0 Å². The molecule has 0 aromatic carbocycles. The molecule has 2 unspecified atom stereocenters. The normalized spacial score (nSPS) is 14.3. The van der Waals surface area contributed by atoms with E-state index in [4.69, 9.17) is 26.6 Å². The smallest absolute Gasteiger partial charge is 0.377 e. The summed E-state index contributed by atoms with van der Waals surface area (Å²) in [6.07, 6.45) is 3.78. The molecule has 1 N–H and O–H groups in total. The van der Waals surface area contributed by atoms with Crippen LogP contribution in [0, 0.1) is 11.8 Å². The Morgan fingerprint density at radius 1 is 0.636 bits per heavy atom. The molecular weight excluding hydrogens is 462 g/mol. The molecule has 0 aliphatic rings. The minimum absolute atomic E-state index is 0.0713. The van der Waals surface area contributed by atoms with E-state index in [1.807, 2.05) is 13.8 Å². The summed E-state index contributed by atoms with van der Waals surface area (Å²) in [5, 5.41) is 3.36. The van der Waals surface area contributed by atoms with Crippen LogP contribution in [0.3, 0.4) is 0 Å². The number of hydrogen-bond donors (Lipinski definition) is 1. The molecule has 0 radical (unpaired) electrons. The molecule has 0 saturated heterocycles. The number of Topliss-reactive ketones (excluding diaryl/α,β-unsaturated/α-hetero) is 2. The Morgan fingerprint density at radius 2 is 0.939 bits per heavy atom. The molecule has 0 rings (SSSR count). The van der Waals surface area contributed by atoms with E-state index in [0.29, 0.717) is 50.9 Å². The van der Waals surface area contributed by atoms with Gasteiger partial charge in [-0.15, -0.1) is 0 Å². The van der Waals surface area contributed by atoms with E-state index in [1.165, 1.54) is 0 Å². The van der Waals surface area contributed by atoms with Gasteiger partial charge in [-0.25, -0.2) is 0 Å². The molecule has 0 aliphatic heterocycles. The summed E-state index contributed by atoms with van der Waals surface area (Å²) < 4.78 is 32.5. The number of nitrogens with one attached hydrogen (secondary N) is 1. The van der Waals surface area contributed by atoms with Crippen LogP contribution in [0.1, 0.15) is 52.4 Å². The lowest BCUT2D eigenvalue weighted by molar-refractivity contribution is -0.123. The minimum atomic E-state index is -2.64. The van der Waals surface area contributed by atoms with Crippen LogP contribution in [-0.4, -0.2) is 84.9 Å². The van der Waals surface area contributed by atoms with Crippen molar-refractivity contribution in [3.05, 3.63) is 0 Å². The van der Waals surface area contributed by atoms with Crippen molar-refractivity contribution in [3.8, 4) is 0 Å². The topological polar surface area (TPSA) is 102 Å². The van der Waals surface area contributed by atoms with E-state index in [9.17, 15) is 9.59 Å². The fourth-order valence-electron chi connectivity index (χ4n) is 3.88. The second kappa shape index (κ2) is 17.9. The molecule has 0 bridgehead atoms. The quantitative estimate of drug-likeness (QED) is 0.221. The predicted octanol–water partition coefficient (Wildman–Crippen LogP) is 3.08. The molecule has 0 amide bonds. The van der Waals surface area contributed by atoms with Crippen LogP contribution in [0.4, 0.5) is 0 Å². The van der Waals surface area contributed by atoms with Crippen molar-refractivity contribution in [2.24, 2.45) is 11.8 Å². The third-order valence-corrected chi connectivity index (χ3v) is 12.0. The molecule has 2 atom stereocenters. The molecule has 0 aromatic rings. The monoisotopic (exact) mass is 509 g/mol. The van der Waals surface area contributed by atoms with Gasteiger partial charge in [0.1, 0.15) is 11.6 Å². The molecule has 0 heterocycles. The standard InChI is InChI=1S/C22H47NO8Si2/c1-9-19(21(24)13-11-15-32(26-3,27-4)28-5)17-23-18-20(10-2)22(25)14-12-16-33(29-6,30-7)31-8/h19-20,23H,9-18H2,1-8H3. The predicted molar refractivity (Wildman–Crippen MR) is 132 cm³/mol. The van der Waals surface area contributed by atoms with E-state index in [1.54, 1.807) is 42.7 Å². The zero-order valence-electron chi connectivity index (χ0n) is 22.0. The van der Waals surface area contributed by atoms with E-state index in [2.05, 4.69) is 5.32 Å². The molecule has 0 spiro atoms. The molecular formula is C22H47NO8Si2. The van der Waals surface area contributed by atoms with Gasteiger partial charge in [-0.3, -0.25) is 9.59 Å². The molecule has 33 heavy (non-hydrogen) atoms. The van der Waals surface area contributed by atoms with E-state index >= 15 is 0 Å². The highest BCUT2D eigenvalue weighted by atomic mass is 28.4. The van der Waals surface area contributed by atoms with Crippen molar-refractivity contribution in [1.82, 2.24) is 5.32 Å². The fourth-order valence-corrected chi connectivity index (χ4v) is 7.33. The largest absolute Gasteiger partial charge is 0.500 e. The van der Waals surface area contributed by atoms with Gasteiger partial charge in [0.2, 0.25) is 0 Å². The summed E-state index contributed by atoms with van der Waals surface area (Å²) in [7, 11) is 4.19. The zero-order chi connectivity index (χ0) is 25.3. The Labute approximate surface area is 202 Å². The van der Waals surface area contributed by atoms with Gasteiger partial charge in [0.25, 0.3) is 0 Å². The molecule has 0 fully saturated rings. The van der Waals surface area contributed by atoms with Gasteiger partial charge in [0.05, 0.1) is 0 Å². The first-order chi connectivity index (χ1) is 15.8. The third-order valence-electron chi connectivity index (χ3n) is 6.36. The SMILES string of the molecule is CCC(CNCC(CC)C(=O)CCC[Si](OC)(OC)OC)C(=O)CCC[Si](OC)(OC)OC. The zero-order valence-corrected chi connectivity index (χ0v) is 24.0. The Kier molecular flexibility index (Phi) is 17.6. The average molecular weight is 510 g/mol. The third kappa shape index (κ3) is 11.2. The first kappa shape index (κ1) is 32.5. The second-order valence-electron chi connectivity index (χ2n) is 8.10. The summed E-state index contributed by atoms with van der Waals surface area (Å²) in [5.41, 5.74) is 0. The van der Waals surface area contributed by atoms with E-state index in [-0.39, 0.29) is 23.4 Å². The number of carbonyl (C=O) groups excluding carboxylic acids is 2. The average Bonchev–Trinajstić information content (AvgIpc) is 2.85. The van der Waals surface area contributed by atoms with Crippen molar-refractivity contribution in [3.63, 3.8) is 0 Å². The summed E-state index contributed by atoms with van der Waals surface area (Å²) in [5.74, 6) is 0.294. The lowest BCUT2D eigenvalue weighted by Gasteiger charge is -2.24. The Bertz CT molecular complexity index is 482. The summed E-state index contributed by atoms with van der Waals surface area (Å²) >= 11 is 0. The van der Waals surface area contributed by atoms with Crippen molar-refractivity contribution >= 4 is 29.2 Å². The molecule has 0 aliphatic carbocycles. The molecule has 0 aromatic heterocycles. The van der Waals surface area contributed by atoms with Crippen LogP contribution < -0.4 is 5.32 Å². The molecule has 196 valence electrons. The maximum absolute atomic E-state index is 12.7. The number of rotatable bonds is 22. The Hall–Kier alpha value is -0.506. The molecule has 9 nitrogen and oxygen atoms in total. The van der Waals surface area contributed by atoms with E-state index in [0.717, 1.165) is 12.8 Å². The first-order valence-corrected chi connectivity index (χ1v) is 15.7. The maximum atomic E-state index is 12.7. The van der Waals surface area contributed by atoms with E-state index < -0.39 is 17.6 Å². The number of hydrogen-bond acceptors (Lipinski definition) is 9. The van der Waals surface area contributed by atoms with Gasteiger partial charge < -0.3 is 31.9 Å². The van der Waals surface area contributed by atoms with Crippen molar-refractivity contribution in [2.75, 3.05) is 55.7 Å².